The average Bonchev–Trinajstić information content (AvgIpc) is 2.60. The van der Waals surface area contributed by atoms with Crippen molar-refractivity contribution < 1.29 is 12.8 Å². The first-order valence-corrected chi connectivity index (χ1v) is 10.2. The summed E-state index contributed by atoms with van der Waals surface area (Å²) < 4.78 is 40.4. The molecule has 0 aliphatic rings. The fraction of sp³-hybridized carbons (Fsp3) is 0.263. The molecule has 27 heavy (non-hydrogen) atoms. The van der Waals surface area contributed by atoms with Gasteiger partial charge in [-0.15, -0.1) is 0 Å². The van der Waals surface area contributed by atoms with Crippen LogP contribution in [0.25, 0.3) is 10.9 Å². The van der Waals surface area contributed by atoms with Gasteiger partial charge in [0, 0.05) is 18.0 Å². The summed E-state index contributed by atoms with van der Waals surface area (Å²) in [5, 5.41) is 3.79. The number of sulfonamides is 1. The summed E-state index contributed by atoms with van der Waals surface area (Å²) in [5.41, 5.74) is 1.94. The monoisotopic (exact) mass is 388 g/mol. The minimum Gasteiger partial charge on any atom is -0.365 e. The van der Waals surface area contributed by atoms with Crippen molar-refractivity contribution in [2.24, 2.45) is 0 Å². The van der Waals surface area contributed by atoms with Crippen molar-refractivity contribution in [3.63, 3.8) is 0 Å². The summed E-state index contributed by atoms with van der Waals surface area (Å²) >= 11 is 0. The van der Waals surface area contributed by atoms with Gasteiger partial charge in [0.15, 0.2) is 0 Å². The highest BCUT2D eigenvalue weighted by Gasteiger charge is 2.13. The summed E-state index contributed by atoms with van der Waals surface area (Å²) in [4.78, 5) is 8.15. The van der Waals surface area contributed by atoms with E-state index >= 15 is 0 Å². The van der Waals surface area contributed by atoms with Gasteiger partial charge >= 0.3 is 0 Å². The first kappa shape index (κ1) is 19.2. The van der Waals surface area contributed by atoms with E-state index in [0.29, 0.717) is 23.3 Å². The molecule has 142 valence electrons. The third-order valence-corrected chi connectivity index (χ3v) is 5.41. The van der Waals surface area contributed by atoms with Crippen molar-refractivity contribution in [3.8, 4) is 0 Å². The Kier molecular flexibility index (Phi) is 5.67. The van der Waals surface area contributed by atoms with E-state index in [0.717, 1.165) is 5.56 Å². The highest BCUT2D eigenvalue weighted by molar-refractivity contribution is 7.88. The van der Waals surface area contributed by atoms with Gasteiger partial charge in [0.2, 0.25) is 10.0 Å². The van der Waals surface area contributed by atoms with Crippen molar-refractivity contribution in [1.82, 2.24) is 14.7 Å². The first-order chi connectivity index (χ1) is 12.8. The summed E-state index contributed by atoms with van der Waals surface area (Å²) in [5.74, 6) is 0.0974. The minimum atomic E-state index is -3.35. The van der Waals surface area contributed by atoms with Crippen molar-refractivity contribution in [2.75, 3.05) is 5.32 Å². The van der Waals surface area contributed by atoms with E-state index in [1.165, 1.54) is 12.4 Å². The van der Waals surface area contributed by atoms with Crippen molar-refractivity contribution in [2.45, 2.75) is 32.2 Å². The van der Waals surface area contributed by atoms with Crippen LogP contribution in [-0.2, 0) is 22.3 Å². The average molecular weight is 388 g/mol. The molecule has 1 heterocycles. The standard InChI is InChI=1S/C19H21FN4O2S/c1-13(2)24-27(25,26)11-15-8-6-14(7-9-15)10-21-19-16-4-3-5-17(20)18(16)22-12-23-19/h3-9,12-13,24H,10-11H2,1-2H3,(H,21,22,23). The number of hydrogen-bond donors (Lipinski definition) is 2. The van der Waals surface area contributed by atoms with Crippen LogP contribution in [-0.4, -0.2) is 24.4 Å². The largest absolute Gasteiger partial charge is 0.365 e. The van der Waals surface area contributed by atoms with Crippen LogP contribution in [0.3, 0.4) is 0 Å². The minimum absolute atomic E-state index is 0.0608. The second kappa shape index (κ2) is 7.98. The molecule has 3 rings (SSSR count). The molecule has 3 aromatic rings. The molecule has 0 bridgehead atoms. The maximum Gasteiger partial charge on any atom is 0.216 e. The van der Waals surface area contributed by atoms with Gasteiger partial charge in [-0.2, -0.15) is 0 Å². The Labute approximate surface area is 157 Å². The van der Waals surface area contributed by atoms with E-state index in [-0.39, 0.29) is 17.3 Å². The molecule has 6 nitrogen and oxygen atoms in total. The number of halogens is 1. The Balaban J connectivity index is 1.69. The van der Waals surface area contributed by atoms with Crippen molar-refractivity contribution >= 4 is 26.7 Å². The van der Waals surface area contributed by atoms with E-state index < -0.39 is 15.8 Å². The van der Waals surface area contributed by atoms with Crippen LogP contribution in [0, 0.1) is 5.82 Å². The van der Waals surface area contributed by atoms with Gasteiger partial charge < -0.3 is 5.32 Å². The molecule has 0 radical (unpaired) electrons. The lowest BCUT2D eigenvalue weighted by Gasteiger charge is -2.11. The third kappa shape index (κ3) is 4.99. The summed E-state index contributed by atoms with van der Waals surface area (Å²) in [6.07, 6.45) is 1.32. The van der Waals surface area contributed by atoms with E-state index in [1.807, 2.05) is 12.1 Å². The molecule has 1 aromatic heterocycles. The second-order valence-electron chi connectivity index (χ2n) is 6.56. The van der Waals surface area contributed by atoms with Gasteiger partial charge in [-0.3, -0.25) is 0 Å². The first-order valence-electron chi connectivity index (χ1n) is 8.55. The number of para-hydroxylation sites is 1. The fourth-order valence-electron chi connectivity index (χ4n) is 2.75. The molecule has 0 fully saturated rings. The number of fused-ring (bicyclic) bond motifs is 1. The van der Waals surface area contributed by atoms with Gasteiger partial charge in [0.25, 0.3) is 0 Å². The zero-order chi connectivity index (χ0) is 19.4. The van der Waals surface area contributed by atoms with Crippen LogP contribution in [0.5, 0.6) is 0 Å². The van der Waals surface area contributed by atoms with Crippen LogP contribution < -0.4 is 10.0 Å². The molecule has 0 spiro atoms. The molecule has 2 aromatic carbocycles. The number of hydrogen-bond acceptors (Lipinski definition) is 5. The van der Waals surface area contributed by atoms with Crippen LogP contribution in [0.1, 0.15) is 25.0 Å². The van der Waals surface area contributed by atoms with Gasteiger partial charge in [0.05, 0.1) is 5.75 Å². The van der Waals surface area contributed by atoms with Crippen LogP contribution in [0.4, 0.5) is 10.2 Å². The molecule has 0 aliphatic carbocycles. The maximum absolute atomic E-state index is 13.8. The van der Waals surface area contributed by atoms with Gasteiger partial charge in [-0.1, -0.05) is 30.3 Å². The van der Waals surface area contributed by atoms with E-state index in [4.69, 9.17) is 0 Å². The van der Waals surface area contributed by atoms with Crippen molar-refractivity contribution in [3.05, 3.63) is 65.7 Å². The molecule has 8 heteroatoms. The lowest BCUT2D eigenvalue weighted by Crippen LogP contribution is -2.31. The number of nitrogens with one attached hydrogen (secondary N) is 2. The molecule has 0 aliphatic heterocycles. The Hall–Kier alpha value is -2.58. The topological polar surface area (TPSA) is 84.0 Å². The predicted molar refractivity (Wildman–Crippen MR) is 104 cm³/mol. The van der Waals surface area contributed by atoms with Crippen LogP contribution >= 0.6 is 0 Å². The zero-order valence-corrected chi connectivity index (χ0v) is 15.9. The van der Waals surface area contributed by atoms with E-state index in [1.54, 1.807) is 38.1 Å². The van der Waals surface area contributed by atoms with Gasteiger partial charge in [0.1, 0.15) is 23.5 Å². The normalized spacial score (nSPS) is 11.9. The molecule has 2 N–H and O–H groups in total. The molecular formula is C19H21FN4O2S. The van der Waals surface area contributed by atoms with Crippen molar-refractivity contribution in [1.29, 1.82) is 0 Å². The maximum atomic E-state index is 13.8. The Morgan fingerprint density at radius 2 is 1.74 bits per heavy atom. The van der Waals surface area contributed by atoms with Crippen LogP contribution in [0.2, 0.25) is 0 Å². The highest BCUT2D eigenvalue weighted by atomic mass is 32.2. The summed E-state index contributed by atoms with van der Waals surface area (Å²) in [6, 6.07) is 11.9. The zero-order valence-electron chi connectivity index (χ0n) is 15.1. The molecule has 0 atom stereocenters. The summed E-state index contributed by atoms with van der Waals surface area (Å²) in [6.45, 7) is 4.05. The summed E-state index contributed by atoms with van der Waals surface area (Å²) in [7, 11) is -3.35. The van der Waals surface area contributed by atoms with Crippen LogP contribution in [0.15, 0.2) is 48.8 Å². The smallest absolute Gasteiger partial charge is 0.216 e. The van der Waals surface area contributed by atoms with Gasteiger partial charge in [-0.25, -0.2) is 27.5 Å². The number of benzene rings is 2. The second-order valence-corrected chi connectivity index (χ2v) is 8.31. The molecule has 0 saturated heterocycles. The fourth-order valence-corrected chi connectivity index (χ4v) is 4.18. The lowest BCUT2D eigenvalue weighted by atomic mass is 10.1. The molecule has 0 saturated carbocycles. The quantitative estimate of drug-likeness (QED) is 0.649. The third-order valence-electron chi connectivity index (χ3n) is 3.87. The number of aromatic nitrogens is 2. The molecular weight excluding hydrogens is 367 g/mol. The van der Waals surface area contributed by atoms with E-state index in [9.17, 15) is 12.8 Å². The SMILES string of the molecule is CC(C)NS(=O)(=O)Cc1ccc(CNc2ncnc3c(F)cccc23)cc1. The number of nitrogens with zero attached hydrogens (tertiary/aromatic N) is 2. The van der Waals surface area contributed by atoms with E-state index in [2.05, 4.69) is 20.0 Å². The highest BCUT2D eigenvalue weighted by Crippen LogP contribution is 2.21. The number of rotatable bonds is 7. The Morgan fingerprint density at radius 1 is 1.04 bits per heavy atom. The van der Waals surface area contributed by atoms with Gasteiger partial charge in [-0.05, 0) is 37.1 Å². The predicted octanol–water partition coefficient (Wildman–Crippen LogP) is 3.21. The Morgan fingerprint density at radius 3 is 2.44 bits per heavy atom. The Bertz CT molecular complexity index is 1040. The lowest BCUT2D eigenvalue weighted by molar-refractivity contribution is 0.569. The molecule has 0 amide bonds. The molecule has 0 unspecified atom stereocenters. The number of anilines is 1.